The SMILES string of the molecule is Fc1cccc(F)c1Cc1cccc(-c2nc3ccncc3[nH]2)c1. The van der Waals surface area contributed by atoms with E-state index in [-0.39, 0.29) is 12.0 Å². The van der Waals surface area contributed by atoms with Crippen LogP contribution < -0.4 is 0 Å². The smallest absolute Gasteiger partial charge is 0.138 e. The molecule has 5 heteroatoms. The molecule has 0 fully saturated rings. The maximum atomic E-state index is 13.8. The van der Waals surface area contributed by atoms with E-state index in [1.54, 1.807) is 12.4 Å². The van der Waals surface area contributed by atoms with Crippen molar-refractivity contribution in [3.63, 3.8) is 0 Å². The first kappa shape index (κ1) is 14.5. The number of H-pyrrole nitrogens is 1. The molecule has 0 amide bonds. The summed E-state index contributed by atoms with van der Waals surface area (Å²) >= 11 is 0. The topological polar surface area (TPSA) is 41.6 Å². The van der Waals surface area contributed by atoms with Crippen LogP contribution in [0, 0.1) is 11.6 Å². The standard InChI is InChI=1S/C19H13F2N3/c20-15-5-2-6-16(21)14(15)10-12-3-1-4-13(9-12)19-23-17-7-8-22-11-18(17)24-19/h1-9,11H,10H2,(H,23,24). The van der Waals surface area contributed by atoms with E-state index in [9.17, 15) is 8.78 Å². The van der Waals surface area contributed by atoms with Crippen molar-refractivity contribution in [2.75, 3.05) is 0 Å². The maximum Gasteiger partial charge on any atom is 0.138 e. The number of pyridine rings is 1. The minimum Gasteiger partial charge on any atom is -0.337 e. The van der Waals surface area contributed by atoms with E-state index in [0.29, 0.717) is 5.82 Å². The van der Waals surface area contributed by atoms with Gasteiger partial charge in [-0.1, -0.05) is 24.3 Å². The van der Waals surface area contributed by atoms with Gasteiger partial charge in [0.25, 0.3) is 0 Å². The normalized spacial score (nSPS) is 11.1. The second-order valence-electron chi connectivity index (χ2n) is 5.56. The molecule has 1 N–H and O–H groups in total. The van der Waals surface area contributed by atoms with Gasteiger partial charge in [-0.15, -0.1) is 0 Å². The Morgan fingerprint density at radius 2 is 1.75 bits per heavy atom. The minimum absolute atomic E-state index is 0.0726. The number of nitrogens with zero attached hydrogens (tertiary/aromatic N) is 2. The molecule has 0 spiro atoms. The van der Waals surface area contributed by atoms with E-state index in [0.717, 1.165) is 22.2 Å². The highest BCUT2D eigenvalue weighted by molar-refractivity contribution is 5.78. The van der Waals surface area contributed by atoms with Gasteiger partial charge in [-0.3, -0.25) is 4.98 Å². The van der Waals surface area contributed by atoms with E-state index in [1.165, 1.54) is 18.2 Å². The average molecular weight is 321 g/mol. The number of benzene rings is 2. The van der Waals surface area contributed by atoms with Gasteiger partial charge < -0.3 is 4.98 Å². The van der Waals surface area contributed by atoms with Crippen molar-refractivity contribution in [3.8, 4) is 11.4 Å². The van der Waals surface area contributed by atoms with Crippen LogP contribution in [-0.4, -0.2) is 15.0 Å². The summed E-state index contributed by atoms with van der Waals surface area (Å²) in [6, 6.07) is 13.2. The predicted octanol–water partition coefficient (Wildman–Crippen LogP) is 4.49. The molecule has 0 atom stereocenters. The molecule has 2 aromatic carbocycles. The van der Waals surface area contributed by atoms with Gasteiger partial charge in [0.1, 0.15) is 17.5 Å². The van der Waals surface area contributed by atoms with E-state index in [1.807, 2.05) is 30.3 Å². The summed E-state index contributed by atoms with van der Waals surface area (Å²) in [5, 5.41) is 0. The summed E-state index contributed by atoms with van der Waals surface area (Å²) in [4.78, 5) is 11.8. The van der Waals surface area contributed by atoms with Crippen molar-refractivity contribution in [1.29, 1.82) is 0 Å². The van der Waals surface area contributed by atoms with Gasteiger partial charge in [-0.25, -0.2) is 13.8 Å². The van der Waals surface area contributed by atoms with Crippen LogP contribution in [0.25, 0.3) is 22.4 Å². The minimum atomic E-state index is -0.532. The Kier molecular flexibility index (Phi) is 3.54. The van der Waals surface area contributed by atoms with Crippen LogP contribution in [0.4, 0.5) is 8.78 Å². The first-order chi connectivity index (χ1) is 11.7. The fourth-order valence-corrected chi connectivity index (χ4v) is 2.73. The molecular formula is C19H13F2N3. The molecule has 2 aromatic heterocycles. The third kappa shape index (κ3) is 2.65. The van der Waals surface area contributed by atoms with Crippen LogP contribution in [0.2, 0.25) is 0 Å². The molecule has 0 aliphatic rings. The third-order valence-corrected chi connectivity index (χ3v) is 3.93. The van der Waals surface area contributed by atoms with Crippen molar-refractivity contribution in [2.24, 2.45) is 0 Å². The lowest BCUT2D eigenvalue weighted by atomic mass is 10.0. The molecule has 0 unspecified atom stereocenters. The second-order valence-corrected chi connectivity index (χ2v) is 5.56. The Balaban J connectivity index is 1.71. The largest absolute Gasteiger partial charge is 0.337 e. The Bertz CT molecular complexity index is 971. The Morgan fingerprint density at radius 1 is 0.958 bits per heavy atom. The van der Waals surface area contributed by atoms with Crippen molar-refractivity contribution in [1.82, 2.24) is 15.0 Å². The van der Waals surface area contributed by atoms with E-state index < -0.39 is 11.6 Å². The van der Waals surface area contributed by atoms with Gasteiger partial charge in [0, 0.05) is 23.7 Å². The van der Waals surface area contributed by atoms with Crippen molar-refractivity contribution >= 4 is 11.0 Å². The highest BCUT2D eigenvalue weighted by Crippen LogP contribution is 2.23. The number of halogens is 2. The third-order valence-electron chi connectivity index (χ3n) is 3.93. The number of imidazole rings is 1. The molecule has 0 aliphatic carbocycles. The molecule has 0 saturated carbocycles. The summed E-state index contributed by atoms with van der Waals surface area (Å²) in [6.45, 7) is 0. The van der Waals surface area contributed by atoms with Gasteiger partial charge in [0.05, 0.1) is 17.2 Å². The van der Waals surface area contributed by atoms with Crippen LogP contribution in [-0.2, 0) is 6.42 Å². The lowest BCUT2D eigenvalue weighted by Gasteiger charge is -2.06. The van der Waals surface area contributed by atoms with Gasteiger partial charge in [-0.2, -0.15) is 0 Å². The molecule has 0 radical (unpaired) electrons. The monoisotopic (exact) mass is 321 g/mol. The molecule has 3 nitrogen and oxygen atoms in total. The zero-order valence-corrected chi connectivity index (χ0v) is 12.6. The van der Waals surface area contributed by atoms with Crippen LogP contribution >= 0.6 is 0 Å². The number of hydrogen-bond acceptors (Lipinski definition) is 2. The molecule has 24 heavy (non-hydrogen) atoms. The Morgan fingerprint density at radius 3 is 2.54 bits per heavy atom. The summed E-state index contributed by atoms with van der Waals surface area (Å²) in [7, 11) is 0. The number of aromatic amines is 1. The fraction of sp³-hybridized carbons (Fsp3) is 0.0526. The van der Waals surface area contributed by atoms with Gasteiger partial charge in [-0.05, 0) is 29.8 Å². The van der Waals surface area contributed by atoms with Gasteiger partial charge in [0.2, 0.25) is 0 Å². The lowest BCUT2D eigenvalue weighted by Crippen LogP contribution is -1.97. The fourth-order valence-electron chi connectivity index (χ4n) is 2.73. The first-order valence-corrected chi connectivity index (χ1v) is 7.52. The quantitative estimate of drug-likeness (QED) is 0.604. The lowest BCUT2D eigenvalue weighted by molar-refractivity contribution is 0.561. The van der Waals surface area contributed by atoms with Crippen LogP contribution in [0.3, 0.4) is 0 Å². The van der Waals surface area contributed by atoms with Gasteiger partial charge in [0.15, 0.2) is 0 Å². The predicted molar refractivity (Wildman–Crippen MR) is 88.5 cm³/mol. The van der Waals surface area contributed by atoms with Crippen molar-refractivity contribution < 1.29 is 8.78 Å². The molecule has 4 aromatic rings. The summed E-state index contributed by atoms with van der Waals surface area (Å²) in [6.07, 6.45) is 3.59. The first-order valence-electron chi connectivity index (χ1n) is 7.52. The highest BCUT2D eigenvalue weighted by Gasteiger charge is 2.11. The zero-order valence-electron chi connectivity index (χ0n) is 12.6. The van der Waals surface area contributed by atoms with Gasteiger partial charge >= 0.3 is 0 Å². The maximum absolute atomic E-state index is 13.8. The summed E-state index contributed by atoms with van der Waals surface area (Å²) in [5.41, 5.74) is 3.42. The van der Waals surface area contributed by atoms with Crippen molar-refractivity contribution in [3.05, 3.63) is 83.7 Å². The zero-order chi connectivity index (χ0) is 16.5. The molecule has 4 rings (SSSR count). The Labute approximate surface area is 137 Å². The molecule has 0 aliphatic heterocycles. The van der Waals surface area contributed by atoms with Crippen molar-refractivity contribution in [2.45, 2.75) is 6.42 Å². The van der Waals surface area contributed by atoms with E-state index in [2.05, 4.69) is 15.0 Å². The molecule has 0 saturated heterocycles. The van der Waals surface area contributed by atoms with Crippen LogP contribution in [0.15, 0.2) is 60.9 Å². The van der Waals surface area contributed by atoms with Crippen LogP contribution in [0.1, 0.15) is 11.1 Å². The average Bonchev–Trinajstić information content (AvgIpc) is 3.03. The number of aromatic nitrogens is 3. The van der Waals surface area contributed by atoms with Crippen LogP contribution in [0.5, 0.6) is 0 Å². The van der Waals surface area contributed by atoms with E-state index in [4.69, 9.17) is 0 Å². The second kappa shape index (κ2) is 5.85. The Hall–Kier alpha value is -3.08. The molecule has 2 heterocycles. The highest BCUT2D eigenvalue weighted by atomic mass is 19.1. The van der Waals surface area contributed by atoms with E-state index >= 15 is 0 Å². The molecule has 0 bridgehead atoms. The number of rotatable bonds is 3. The summed E-state index contributed by atoms with van der Waals surface area (Å²) in [5.74, 6) is -0.362. The molecular weight excluding hydrogens is 308 g/mol. The molecule has 118 valence electrons. The number of fused-ring (bicyclic) bond motifs is 1. The number of nitrogens with one attached hydrogen (secondary N) is 1. The summed E-state index contributed by atoms with van der Waals surface area (Å²) < 4.78 is 27.7. The number of hydrogen-bond donors (Lipinski definition) is 1.